The molecule has 42 heavy (non-hydrogen) atoms. The third-order valence-electron chi connectivity index (χ3n) is 9.26. The number of carbonyl (C=O) groups is 2. The molecular weight excluding hydrogens is 524 g/mol. The number of esters is 1. The fourth-order valence-electron chi connectivity index (χ4n) is 7.28. The fourth-order valence-corrected chi connectivity index (χ4v) is 7.28. The lowest BCUT2D eigenvalue weighted by atomic mass is 9.55. The zero-order valence-electron chi connectivity index (χ0n) is 25.9. The van der Waals surface area contributed by atoms with E-state index < -0.39 is 11.0 Å². The number of hydrogen-bond donors (Lipinski definition) is 1. The summed E-state index contributed by atoms with van der Waals surface area (Å²) in [7, 11) is 0. The van der Waals surface area contributed by atoms with Gasteiger partial charge >= 0.3 is 5.97 Å². The van der Waals surface area contributed by atoms with Gasteiger partial charge in [0.05, 0.1) is 5.60 Å². The van der Waals surface area contributed by atoms with Gasteiger partial charge in [0.15, 0.2) is 0 Å². The number of aliphatic hydroxyl groups is 1. The number of ether oxygens (including phenoxy) is 1. The lowest BCUT2D eigenvalue weighted by molar-refractivity contribution is -0.150. The highest BCUT2D eigenvalue weighted by atomic mass is 16.5. The predicted octanol–water partition coefficient (Wildman–Crippen LogP) is 6.31. The quantitative estimate of drug-likeness (QED) is 0.131. The molecule has 228 valence electrons. The molecule has 1 saturated carbocycles. The molecular formula is C36H50N2O4. The Kier molecular flexibility index (Phi) is 11.0. The van der Waals surface area contributed by atoms with Crippen molar-refractivity contribution in [3.63, 3.8) is 0 Å². The molecule has 2 aliphatic rings. The van der Waals surface area contributed by atoms with Crippen LogP contribution in [0.3, 0.4) is 0 Å². The first-order valence-electron chi connectivity index (χ1n) is 15.8. The number of carbonyl (C=O) groups excluding carboxylic acids is 2. The molecule has 2 aromatic carbocycles. The SMILES string of the molecule is C=CCN1CC[C@@]2(c3cccc(OC(C)=O)c3)C[C@H](N(CC(C)C)C(=O)CCCCCc3ccccc3)CC[C@]2(O)C1. The molecule has 0 radical (unpaired) electrons. The highest BCUT2D eigenvalue weighted by Gasteiger charge is 2.58. The first kappa shape index (κ1) is 32.0. The predicted molar refractivity (Wildman–Crippen MR) is 168 cm³/mol. The van der Waals surface area contributed by atoms with Gasteiger partial charge in [-0.2, -0.15) is 0 Å². The number of fused-ring (bicyclic) bond motifs is 1. The molecule has 2 fully saturated rings. The minimum absolute atomic E-state index is 0.0489. The second kappa shape index (κ2) is 14.5. The number of nitrogens with zero attached hydrogens (tertiary/aromatic N) is 2. The summed E-state index contributed by atoms with van der Waals surface area (Å²) in [6.07, 6.45) is 9.36. The van der Waals surface area contributed by atoms with Gasteiger partial charge in [0.2, 0.25) is 5.91 Å². The summed E-state index contributed by atoms with van der Waals surface area (Å²) in [5.74, 6) is 0.718. The molecule has 1 saturated heterocycles. The average Bonchev–Trinajstić information content (AvgIpc) is 2.95. The Morgan fingerprint density at radius 2 is 1.90 bits per heavy atom. The largest absolute Gasteiger partial charge is 0.427 e. The van der Waals surface area contributed by atoms with E-state index in [2.05, 4.69) is 60.6 Å². The van der Waals surface area contributed by atoms with E-state index >= 15 is 0 Å². The third-order valence-corrected chi connectivity index (χ3v) is 9.26. The monoisotopic (exact) mass is 574 g/mol. The van der Waals surface area contributed by atoms with Gasteiger partial charge in [-0.3, -0.25) is 14.5 Å². The molecule has 3 atom stereocenters. The Morgan fingerprint density at radius 3 is 2.62 bits per heavy atom. The molecule has 6 nitrogen and oxygen atoms in total. The van der Waals surface area contributed by atoms with E-state index in [1.807, 2.05) is 24.3 Å². The Balaban J connectivity index is 1.53. The standard InChI is InChI=1S/C36H50N2O4/c1-5-22-37-23-21-35(31-16-12-17-33(24-31)42-29(4)39)25-32(19-20-36(35,41)27-37)38(26-28(2)3)34(40)18-11-7-10-15-30-13-8-6-9-14-30/h5-6,8-9,12-14,16-17,24,28,32,41H,1,7,10-11,15,18-23,25-27H2,2-4H3/t32-,35+,36+/m1/s1. The summed E-state index contributed by atoms with van der Waals surface area (Å²) in [5, 5.41) is 12.4. The number of piperidine rings is 1. The molecule has 6 heteroatoms. The summed E-state index contributed by atoms with van der Waals surface area (Å²) >= 11 is 0. The van der Waals surface area contributed by atoms with Crippen LogP contribution in [0.15, 0.2) is 67.3 Å². The fraction of sp³-hybridized carbons (Fsp3) is 0.556. The number of benzene rings is 2. The van der Waals surface area contributed by atoms with Crippen molar-refractivity contribution in [2.75, 3.05) is 26.2 Å². The van der Waals surface area contributed by atoms with E-state index in [-0.39, 0.29) is 17.9 Å². The number of likely N-dealkylation sites (tertiary alicyclic amines) is 1. The Bertz CT molecular complexity index is 1200. The lowest BCUT2D eigenvalue weighted by Gasteiger charge is -2.59. The minimum atomic E-state index is -0.955. The van der Waals surface area contributed by atoms with Crippen LogP contribution < -0.4 is 4.74 Å². The smallest absolute Gasteiger partial charge is 0.308 e. The molecule has 0 aromatic heterocycles. The molecule has 1 aliphatic carbocycles. The molecule has 1 amide bonds. The van der Waals surface area contributed by atoms with Gasteiger partial charge in [0, 0.05) is 44.4 Å². The molecule has 2 aromatic rings. The number of aryl methyl sites for hydroxylation is 1. The van der Waals surface area contributed by atoms with Gasteiger partial charge in [-0.25, -0.2) is 0 Å². The van der Waals surface area contributed by atoms with Gasteiger partial charge in [-0.1, -0.05) is 68.8 Å². The van der Waals surface area contributed by atoms with E-state index in [9.17, 15) is 14.7 Å². The summed E-state index contributed by atoms with van der Waals surface area (Å²) in [4.78, 5) is 29.9. The highest BCUT2D eigenvalue weighted by Crippen LogP contribution is 2.53. The van der Waals surface area contributed by atoms with Crippen molar-refractivity contribution in [2.24, 2.45) is 5.92 Å². The normalized spacial score (nSPS) is 24.2. The summed E-state index contributed by atoms with van der Waals surface area (Å²) in [5.41, 5.74) is 0.838. The van der Waals surface area contributed by atoms with E-state index in [4.69, 9.17) is 4.74 Å². The number of β-amino-alcohol motifs (C(OH)–C–C–N with tert-alkyl or cyclic N) is 1. The first-order chi connectivity index (χ1) is 20.2. The molecule has 1 aliphatic heterocycles. The van der Waals surface area contributed by atoms with Crippen LogP contribution in [-0.2, 0) is 21.4 Å². The lowest BCUT2D eigenvalue weighted by Crippen LogP contribution is -2.67. The van der Waals surface area contributed by atoms with Gasteiger partial charge in [-0.05, 0) is 80.7 Å². The molecule has 4 rings (SSSR count). The highest BCUT2D eigenvalue weighted by molar-refractivity contribution is 5.76. The molecule has 1 N–H and O–H groups in total. The van der Waals surface area contributed by atoms with E-state index in [1.165, 1.54) is 12.5 Å². The Morgan fingerprint density at radius 1 is 1.12 bits per heavy atom. The summed E-state index contributed by atoms with van der Waals surface area (Å²) in [6.45, 7) is 12.5. The average molecular weight is 575 g/mol. The number of amides is 1. The third kappa shape index (κ3) is 7.70. The van der Waals surface area contributed by atoms with Crippen molar-refractivity contribution in [1.82, 2.24) is 9.80 Å². The second-order valence-corrected chi connectivity index (χ2v) is 12.9. The van der Waals surface area contributed by atoms with Crippen molar-refractivity contribution >= 4 is 11.9 Å². The van der Waals surface area contributed by atoms with Crippen LogP contribution in [0.1, 0.15) is 83.3 Å². The van der Waals surface area contributed by atoms with Crippen molar-refractivity contribution in [3.8, 4) is 5.75 Å². The molecule has 0 spiro atoms. The van der Waals surface area contributed by atoms with Crippen molar-refractivity contribution < 1.29 is 19.4 Å². The molecule has 1 heterocycles. The first-order valence-corrected chi connectivity index (χ1v) is 15.8. The Labute approximate surface area is 252 Å². The number of rotatable bonds is 13. The number of unbranched alkanes of at least 4 members (excludes halogenated alkanes) is 2. The van der Waals surface area contributed by atoms with Crippen LogP contribution in [0.4, 0.5) is 0 Å². The van der Waals surface area contributed by atoms with Crippen LogP contribution in [-0.4, -0.2) is 64.6 Å². The van der Waals surface area contributed by atoms with Crippen molar-refractivity contribution in [1.29, 1.82) is 0 Å². The summed E-state index contributed by atoms with van der Waals surface area (Å²) < 4.78 is 5.46. The second-order valence-electron chi connectivity index (χ2n) is 12.9. The zero-order valence-corrected chi connectivity index (χ0v) is 25.9. The maximum atomic E-state index is 13.8. The topological polar surface area (TPSA) is 70.1 Å². The molecule has 0 unspecified atom stereocenters. The van der Waals surface area contributed by atoms with Crippen LogP contribution in [0.2, 0.25) is 0 Å². The number of hydrogen-bond acceptors (Lipinski definition) is 5. The maximum Gasteiger partial charge on any atom is 0.308 e. The summed E-state index contributed by atoms with van der Waals surface area (Å²) in [6, 6.07) is 18.3. The van der Waals surface area contributed by atoms with Gasteiger partial charge in [0.1, 0.15) is 5.75 Å². The van der Waals surface area contributed by atoms with Crippen LogP contribution in [0.5, 0.6) is 5.75 Å². The van der Waals surface area contributed by atoms with Gasteiger partial charge < -0.3 is 14.7 Å². The maximum absolute atomic E-state index is 13.8. The zero-order chi connectivity index (χ0) is 30.2. The van der Waals surface area contributed by atoms with Crippen molar-refractivity contribution in [3.05, 3.63) is 78.4 Å². The van der Waals surface area contributed by atoms with E-state index in [0.717, 1.165) is 63.7 Å². The minimum Gasteiger partial charge on any atom is -0.427 e. The van der Waals surface area contributed by atoms with Crippen molar-refractivity contribution in [2.45, 2.75) is 95.6 Å². The van der Waals surface area contributed by atoms with Gasteiger partial charge in [-0.15, -0.1) is 6.58 Å². The van der Waals surface area contributed by atoms with Crippen LogP contribution in [0, 0.1) is 5.92 Å². The van der Waals surface area contributed by atoms with Gasteiger partial charge in [0.25, 0.3) is 0 Å². The van der Waals surface area contributed by atoms with Crippen LogP contribution >= 0.6 is 0 Å². The molecule has 0 bridgehead atoms. The Hall–Kier alpha value is -2.96. The van der Waals surface area contributed by atoms with E-state index in [1.54, 1.807) is 6.07 Å². The van der Waals surface area contributed by atoms with E-state index in [0.29, 0.717) is 37.5 Å². The van der Waals surface area contributed by atoms with Crippen LogP contribution in [0.25, 0.3) is 0 Å².